The van der Waals surface area contributed by atoms with Gasteiger partial charge in [-0.3, -0.25) is 4.98 Å². The van der Waals surface area contributed by atoms with Crippen molar-refractivity contribution in [1.82, 2.24) is 4.98 Å². The second-order valence-corrected chi connectivity index (χ2v) is 11.0. The lowest BCUT2D eigenvalue weighted by atomic mass is 9.43. The monoisotopic (exact) mass is 407 g/mol. The molecule has 2 aliphatic carbocycles. The lowest BCUT2D eigenvalue weighted by Gasteiger charge is -2.64. The molecule has 1 aliphatic heterocycles. The van der Waals surface area contributed by atoms with Gasteiger partial charge in [0.2, 0.25) is 0 Å². The average Bonchev–Trinajstić information content (AvgIpc) is 2.70. The van der Waals surface area contributed by atoms with Crippen LogP contribution >= 0.6 is 0 Å². The fraction of sp³-hybridized carbons (Fsp3) is 0.615. The van der Waals surface area contributed by atoms with Gasteiger partial charge < -0.3 is 9.15 Å². The van der Waals surface area contributed by atoms with E-state index in [2.05, 4.69) is 39.6 Å². The average molecular weight is 408 g/mol. The molecule has 2 aromatic heterocycles. The Bertz CT molecular complexity index is 1030. The van der Waals surface area contributed by atoms with Crippen molar-refractivity contribution >= 4 is 0 Å². The topological polar surface area (TPSA) is 52.3 Å². The highest BCUT2D eigenvalue weighted by molar-refractivity contribution is 5.58. The minimum absolute atomic E-state index is 0.176. The molecule has 3 heterocycles. The Labute approximate surface area is 179 Å². The summed E-state index contributed by atoms with van der Waals surface area (Å²) in [5.41, 5.74) is 1.49. The molecule has 0 amide bonds. The normalized spacial score (nSPS) is 36.8. The molecule has 30 heavy (non-hydrogen) atoms. The summed E-state index contributed by atoms with van der Waals surface area (Å²) in [5.74, 6) is 2.94. The molecule has 0 N–H and O–H groups in total. The van der Waals surface area contributed by atoms with E-state index in [-0.39, 0.29) is 16.6 Å². The van der Waals surface area contributed by atoms with Crippen LogP contribution in [0.1, 0.15) is 65.9 Å². The van der Waals surface area contributed by atoms with E-state index in [9.17, 15) is 4.79 Å². The molecule has 4 heteroatoms. The zero-order chi connectivity index (χ0) is 21.3. The van der Waals surface area contributed by atoms with Gasteiger partial charge in [0.1, 0.15) is 17.1 Å². The molecule has 160 valence electrons. The summed E-state index contributed by atoms with van der Waals surface area (Å²) in [5, 5.41) is 0. The van der Waals surface area contributed by atoms with Crippen molar-refractivity contribution in [1.29, 1.82) is 0 Å². The van der Waals surface area contributed by atoms with E-state index < -0.39 is 0 Å². The minimum atomic E-state index is -0.262. The van der Waals surface area contributed by atoms with E-state index >= 15 is 0 Å². The maximum absolute atomic E-state index is 13.0. The fourth-order valence-corrected chi connectivity index (χ4v) is 7.14. The first kappa shape index (κ1) is 19.8. The number of fused-ring (bicyclic) bond motifs is 4. The molecule has 0 saturated heterocycles. The summed E-state index contributed by atoms with van der Waals surface area (Å²) in [7, 11) is 0. The molecular formula is C26H33NO3. The molecular weight excluding hydrogens is 374 g/mol. The quantitative estimate of drug-likeness (QED) is 0.592. The van der Waals surface area contributed by atoms with Gasteiger partial charge >= 0.3 is 5.63 Å². The van der Waals surface area contributed by atoms with Crippen molar-refractivity contribution < 1.29 is 9.15 Å². The van der Waals surface area contributed by atoms with Gasteiger partial charge in [0.15, 0.2) is 0 Å². The Kier molecular flexibility index (Phi) is 4.26. The molecule has 2 aromatic rings. The predicted molar refractivity (Wildman–Crippen MR) is 117 cm³/mol. The van der Waals surface area contributed by atoms with Crippen LogP contribution in [-0.4, -0.2) is 10.6 Å². The molecule has 0 aromatic carbocycles. The third kappa shape index (κ3) is 2.72. The highest BCUT2D eigenvalue weighted by atomic mass is 16.5. The Morgan fingerprint density at radius 1 is 1.10 bits per heavy atom. The van der Waals surface area contributed by atoms with Crippen LogP contribution in [0.5, 0.6) is 5.75 Å². The third-order valence-corrected chi connectivity index (χ3v) is 9.25. The van der Waals surface area contributed by atoms with Gasteiger partial charge in [-0.1, -0.05) is 27.7 Å². The zero-order valence-corrected chi connectivity index (χ0v) is 18.8. The molecule has 0 radical (unpaired) electrons. The van der Waals surface area contributed by atoms with Gasteiger partial charge in [0, 0.05) is 29.9 Å². The second-order valence-electron chi connectivity index (χ2n) is 11.0. The minimum Gasteiger partial charge on any atom is -0.487 e. The number of pyridine rings is 1. The SMILES string of the molecule is C[C@H]1CCC2(C)[C@H]3Cc4c(cc(-c5cccnc5)oc4=O)O[C@]3(C)CC[C@H]2C1(C)C. The molecule has 5 atom stereocenters. The smallest absolute Gasteiger partial charge is 0.343 e. The Morgan fingerprint density at radius 3 is 2.63 bits per heavy atom. The highest BCUT2D eigenvalue weighted by Crippen LogP contribution is 2.65. The van der Waals surface area contributed by atoms with Crippen LogP contribution in [0.4, 0.5) is 0 Å². The summed E-state index contributed by atoms with van der Waals surface area (Å²) < 4.78 is 12.4. The molecule has 2 fully saturated rings. The Balaban J connectivity index is 1.57. The van der Waals surface area contributed by atoms with Crippen molar-refractivity contribution in [2.75, 3.05) is 0 Å². The number of hydrogen-bond acceptors (Lipinski definition) is 4. The van der Waals surface area contributed by atoms with E-state index in [1.54, 1.807) is 12.4 Å². The maximum Gasteiger partial charge on any atom is 0.343 e. The summed E-state index contributed by atoms with van der Waals surface area (Å²) >= 11 is 0. The molecule has 4 nitrogen and oxygen atoms in total. The van der Waals surface area contributed by atoms with Crippen LogP contribution in [0.3, 0.4) is 0 Å². The fourth-order valence-electron chi connectivity index (χ4n) is 7.14. The van der Waals surface area contributed by atoms with Crippen LogP contribution in [0, 0.1) is 28.6 Å². The maximum atomic E-state index is 13.0. The van der Waals surface area contributed by atoms with Crippen molar-refractivity contribution in [3.05, 3.63) is 46.6 Å². The first-order chi connectivity index (χ1) is 14.1. The van der Waals surface area contributed by atoms with Crippen molar-refractivity contribution in [3.63, 3.8) is 0 Å². The van der Waals surface area contributed by atoms with E-state index in [0.29, 0.717) is 34.3 Å². The summed E-state index contributed by atoms with van der Waals surface area (Å²) in [6.07, 6.45) is 8.86. The van der Waals surface area contributed by atoms with Crippen molar-refractivity contribution in [2.24, 2.45) is 28.6 Å². The first-order valence-electron chi connectivity index (χ1n) is 11.4. The number of rotatable bonds is 1. The van der Waals surface area contributed by atoms with E-state index in [1.165, 1.54) is 19.3 Å². The van der Waals surface area contributed by atoms with Crippen molar-refractivity contribution in [3.8, 4) is 17.1 Å². The Hall–Kier alpha value is -2.10. The molecule has 0 bridgehead atoms. The van der Waals surface area contributed by atoms with Gasteiger partial charge in [-0.25, -0.2) is 4.79 Å². The van der Waals surface area contributed by atoms with Gasteiger partial charge in [-0.05, 0) is 73.8 Å². The summed E-state index contributed by atoms with van der Waals surface area (Å²) in [6.45, 7) is 12.1. The largest absolute Gasteiger partial charge is 0.487 e. The van der Waals surface area contributed by atoms with Crippen LogP contribution in [0.2, 0.25) is 0 Å². The molecule has 5 rings (SSSR count). The second kappa shape index (κ2) is 6.45. The number of aromatic nitrogens is 1. The van der Waals surface area contributed by atoms with Gasteiger partial charge in [-0.15, -0.1) is 0 Å². The van der Waals surface area contributed by atoms with E-state index in [4.69, 9.17) is 9.15 Å². The zero-order valence-electron chi connectivity index (χ0n) is 18.8. The number of hydrogen-bond donors (Lipinski definition) is 0. The lowest BCUT2D eigenvalue weighted by molar-refractivity contribution is -0.175. The number of nitrogens with zero attached hydrogens (tertiary/aromatic N) is 1. The van der Waals surface area contributed by atoms with Gasteiger partial charge in [0.05, 0.1) is 5.56 Å². The Morgan fingerprint density at radius 2 is 1.90 bits per heavy atom. The van der Waals surface area contributed by atoms with Crippen LogP contribution < -0.4 is 10.4 Å². The molecule has 2 saturated carbocycles. The first-order valence-corrected chi connectivity index (χ1v) is 11.4. The molecule has 3 aliphatic rings. The lowest BCUT2D eigenvalue weighted by Crippen LogP contribution is -2.62. The van der Waals surface area contributed by atoms with Crippen molar-refractivity contribution in [2.45, 2.75) is 72.3 Å². The highest BCUT2D eigenvalue weighted by Gasteiger charge is 2.62. The van der Waals surface area contributed by atoms with Crippen LogP contribution in [0.15, 0.2) is 39.8 Å². The molecule has 1 unspecified atom stereocenters. The standard InChI is InChI=1S/C26H33NO3/c1-16-8-10-25(4)21(24(16,2)3)9-11-26(5)22(25)13-18-20(30-26)14-19(29-23(18)28)17-7-6-12-27-15-17/h6-7,12,14-16,21-22H,8-11,13H2,1-5H3/t16-,21-,22+,25?,26+/m0/s1. The summed E-state index contributed by atoms with van der Waals surface area (Å²) in [6, 6.07) is 5.65. The van der Waals surface area contributed by atoms with Crippen LogP contribution in [-0.2, 0) is 6.42 Å². The number of ether oxygens (including phenoxy) is 1. The third-order valence-electron chi connectivity index (χ3n) is 9.25. The van der Waals surface area contributed by atoms with Gasteiger partial charge in [-0.2, -0.15) is 0 Å². The summed E-state index contributed by atoms with van der Waals surface area (Å²) in [4.78, 5) is 17.2. The van der Waals surface area contributed by atoms with Crippen LogP contribution in [0.25, 0.3) is 11.3 Å². The molecule has 0 spiro atoms. The van der Waals surface area contributed by atoms with Gasteiger partial charge in [0.25, 0.3) is 0 Å². The predicted octanol–water partition coefficient (Wildman–Crippen LogP) is 5.88. The van der Waals surface area contributed by atoms with E-state index in [1.807, 2.05) is 18.2 Å². The van der Waals surface area contributed by atoms with E-state index in [0.717, 1.165) is 24.3 Å².